The van der Waals surface area contributed by atoms with Crippen LogP contribution in [0.2, 0.25) is 0 Å². The van der Waals surface area contributed by atoms with Gasteiger partial charge in [-0.2, -0.15) is 0 Å². The first-order chi connectivity index (χ1) is 19.0. The molecule has 3 aromatic rings. The van der Waals surface area contributed by atoms with Crippen LogP contribution in [0.4, 0.5) is 15.8 Å². The SMILES string of the molecule is Cc1cc(C(=O)Nc2ccc(/C(N)=N/O)cc2)c(NCc2cc(CO)cc(OC(C)C)c2OCC(=O)O)cc1F. The number of anilines is 2. The van der Waals surface area contributed by atoms with Crippen molar-refractivity contribution in [1.82, 2.24) is 0 Å². The van der Waals surface area contributed by atoms with Crippen LogP contribution in [-0.2, 0) is 17.9 Å². The molecule has 0 saturated carbocycles. The molecule has 0 unspecified atom stereocenters. The van der Waals surface area contributed by atoms with Crippen LogP contribution in [0.5, 0.6) is 11.5 Å². The third-order valence-corrected chi connectivity index (χ3v) is 5.64. The number of amidine groups is 1. The van der Waals surface area contributed by atoms with Gasteiger partial charge in [0.15, 0.2) is 23.9 Å². The average molecular weight is 555 g/mol. The Morgan fingerprint density at radius 3 is 2.42 bits per heavy atom. The first kappa shape index (κ1) is 29.7. The highest BCUT2D eigenvalue weighted by molar-refractivity contribution is 6.08. The lowest BCUT2D eigenvalue weighted by Gasteiger charge is -2.20. The summed E-state index contributed by atoms with van der Waals surface area (Å²) in [4.78, 5) is 24.4. The minimum absolute atomic E-state index is 0.0193. The summed E-state index contributed by atoms with van der Waals surface area (Å²) >= 11 is 0. The Hall–Kier alpha value is -4.84. The fourth-order valence-corrected chi connectivity index (χ4v) is 3.77. The first-order valence-corrected chi connectivity index (χ1v) is 12.2. The molecular formula is C28H31FN4O7. The van der Waals surface area contributed by atoms with Crippen LogP contribution >= 0.6 is 0 Å². The summed E-state index contributed by atoms with van der Waals surface area (Å²) in [6.45, 7) is 4.12. The van der Waals surface area contributed by atoms with Gasteiger partial charge in [-0.1, -0.05) is 5.16 Å². The molecule has 0 heterocycles. The van der Waals surface area contributed by atoms with Crippen LogP contribution in [0, 0.1) is 12.7 Å². The van der Waals surface area contributed by atoms with E-state index in [0.717, 1.165) is 0 Å². The van der Waals surface area contributed by atoms with Gasteiger partial charge in [0.1, 0.15) is 5.82 Å². The van der Waals surface area contributed by atoms with Crippen molar-refractivity contribution >= 4 is 29.1 Å². The predicted octanol–water partition coefficient (Wildman–Crippen LogP) is 3.84. The summed E-state index contributed by atoms with van der Waals surface area (Å²) in [5, 5.41) is 36.4. The van der Waals surface area contributed by atoms with Crippen LogP contribution in [0.25, 0.3) is 0 Å². The number of ether oxygens (including phenoxy) is 2. The summed E-state index contributed by atoms with van der Waals surface area (Å²) in [6.07, 6.45) is -0.273. The lowest BCUT2D eigenvalue weighted by Crippen LogP contribution is -2.17. The predicted molar refractivity (Wildman–Crippen MR) is 147 cm³/mol. The minimum Gasteiger partial charge on any atom is -0.487 e. The largest absolute Gasteiger partial charge is 0.487 e. The zero-order chi connectivity index (χ0) is 29.4. The summed E-state index contributed by atoms with van der Waals surface area (Å²) in [6, 6.07) is 12.0. The molecule has 0 aromatic heterocycles. The Labute approximate surface area is 230 Å². The second kappa shape index (κ2) is 13.3. The molecule has 3 rings (SSSR count). The molecule has 0 bridgehead atoms. The number of hydrogen-bond donors (Lipinski definition) is 6. The number of nitrogens with two attached hydrogens (primary N) is 1. The van der Waals surface area contributed by atoms with Crippen LogP contribution in [0.1, 0.15) is 46.5 Å². The lowest BCUT2D eigenvalue weighted by molar-refractivity contribution is -0.139. The van der Waals surface area contributed by atoms with Gasteiger partial charge >= 0.3 is 5.97 Å². The molecule has 212 valence electrons. The molecular weight excluding hydrogens is 523 g/mol. The Morgan fingerprint density at radius 1 is 1.12 bits per heavy atom. The van der Waals surface area contributed by atoms with Gasteiger partial charge in [0.2, 0.25) is 0 Å². The maximum atomic E-state index is 14.6. The van der Waals surface area contributed by atoms with Gasteiger partial charge in [0, 0.05) is 23.4 Å². The van der Waals surface area contributed by atoms with Crippen molar-refractivity contribution in [3.8, 4) is 11.5 Å². The van der Waals surface area contributed by atoms with Crippen LogP contribution in [0.15, 0.2) is 53.7 Å². The van der Waals surface area contributed by atoms with Crippen LogP contribution < -0.4 is 25.8 Å². The Balaban J connectivity index is 1.93. The number of carbonyl (C=O) groups is 2. The monoisotopic (exact) mass is 554 g/mol. The summed E-state index contributed by atoms with van der Waals surface area (Å²) in [7, 11) is 0. The van der Waals surface area contributed by atoms with Gasteiger partial charge in [-0.25, -0.2) is 9.18 Å². The minimum atomic E-state index is -1.19. The molecule has 0 radical (unpaired) electrons. The third kappa shape index (κ3) is 7.60. The smallest absolute Gasteiger partial charge is 0.341 e. The van der Waals surface area contributed by atoms with E-state index >= 15 is 0 Å². The number of carboxylic acid groups (broad SMARTS) is 1. The van der Waals surface area contributed by atoms with Gasteiger partial charge in [-0.15, -0.1) is 0 Å². The van der Waals surface area contributed by atoms with Gasteiger partial charge in [0.25, 0.3) is 5.91 Å². The number of rotatable bonds is 12. The summed E-state index contributed by atoms with van der Waals surface area (Å²) in [5.74, 6) is -1.97. The van der Waals surface area contributed by atoms with Crippen molar-refractivity contribution in [3.05, 3.63) is 82.2 Å². The normalized spacial score (nSPS) is 11.3. The maximum absolute atomic E-state index is 14.6. The number of aliphatic hydroxyl groups is 1. The first-order valence-electron chi connectivity index (χ1n) is 12.2. The van der Waals surface area contributed by atoms with Crippen molar-refractivity contribution in [1.29, 1.82) is 0 Å². The van der Waals surface area contributed by atoms with E-state index in [9.17, 15) is 19.1 Å². The number of nitrogens with zero attached hydrogens (tertiary/aromatic N) is 1. The van der Waals surface area contributed by atoms with E-state index in [-0.39, 0.29) is 53.4 Å². The number of nitrogens with one attached hydrogen (secondary N) is 2. The number of benzene rings is 3. The topological polar surface area (TPSA) is 176 Å². The molecule has 0 fully saturated rings. The average Bonchev–Trinajstić information content (AvgIpc) is 2.92. The highest BCUT2D eigenvalue weighted by Crippen LogP contribution is 2.35. The number of halogens is 1. The van der Waals surface area contributed by atoms with Gasteiger partial charge in [-0.3, -0.25) is 4.79 Å². The van der Waals surface area contributed by atoms with Crippen molar-refractivity contribution in [2.45, 2.75) is 40.0 Å². The van der Waals surface area contributed by atoms with E-state index in [1.165, 1.54) is 19.1 Å². The zero-order valence-corrected chi connectivity index (χ0v) is 22.2. The van der Waals surface area contributed by atoms with E-state index in [2.05, 4.69) is 15.8 Å². The van der Waals surface area contributed by atoms with Crippen molar-refractivity contribution in [2.24, 2.45) is 10.9 Å². The highest BCUT2D eigenvalue weighted by atomic mass is 19.1. The molecule has 0 aliphatic rings. The molecule has 0 saturated heterocycles. The molecule has 0 aliphatic carbocycles. The second-order valence-corrected chi connectivity index (χ2v) is 9.11. The molecule has 0 atom stereocenters. The lowest BCUT2D eigenvalue weighted by atomic mass is 10.1. The Morgan fingerprint density at radius 2 is 1.82 bits per heavy atom. The fourth-order valence-electron chi connectivity index (χ4n) is 3.77. The Bertz CT molecular complexity index is 1410. The number of aliphatic hydroxyl groups excluding tert-OH is 1. The fraction of sp³-hybridized carbons (Fsp3) is 0.250. The molecule has 3 aromatic carbocycles. The quantitative estimate of drug-likeness (QED) is 0.0841. The van der Waals surface area contributed by atoms with E-state index in [0.29, 0.717) is 22.4 Å². The number of carbonyl (C=O) groups excluding carboxylic acids is 1. The molecule has 40 heavy (non-hydrogen) atoms. The number of carboxylic acids is 1. The third-order valence-electron chi connectivity index (χ3n) is 5.64. The van der Waals surface area contributed by atoms with Crippen LogP contribution in [-0.4, -0.2) is 45.8 Å². The van der Waals surface area contributed by atoms with Crippen LogP contribution in [0.3, 0.4) is 0 Å². The standard InChI is InChI=1S/C28H31FN4O7/c1-15(2)40-24-10-17(13-34)9-19(26(24)39-14-25(35)36)12-31-23-11-22(29)16(3)8-21(23)28(37)32-20-6-4-18(5-7-20)27(30)33-38/h4-11,15,31,34,38H,12-14H2,1-3H3,(H2,30,33)(H,32,37)(H,35,36). The van der Waals surface area contributed by atoms with Crippen molar-refractivity contribution < 1.29 is 38.9 Å². The molecule has 11 nitrogen and oxygen atoms in total. The zero-order valence-electron chi connectivity index (χ0n) is 22.2. The number of oxime groups is 1. The highest BCUT2D eigenvalue weighted by Gasteiger charge is 2.19. The number of amides is 1. The van der Waals surface area contributed by atoms with E-state index in [1.54, 1.807) is 50.2 Å². The van der Waals surface area contributed by atoms with Gasteiger partial charge in [-0.05, 0) is 80.4 Å². The maximum Gasteiger partial charge on any atom is 0.341 e. The van der Waals surface area contributed by atoms with Crippen molar-refractivity contribution in [3.63, 3.8) is 0 Å². The molecule has 1 amide bonds. The van der Waals surface area contributed by atoms with E-state index < -0.39 is 24.3 Å². The summed E-state index contributed by atoms with van der Waals surface area (Å²) in [5.41, 5.74) is 7.91. The summed E-state index contributed by atoms with van der Waals surface area (Å²) < 4.78 is 25.9. The molecule has 12 heteroatoms. The number of aliphatic carboxylic acids is 1. The molecule has 0 aliphatic heterocycles. The molecule has 0 spiro atoms. The van der Waals surface area contributed by atoms with Gasteiger partial charge < -0.3 is 41.3 Å². The van der Waals surface area contributed by atoms with Gasteiger partial charge in [0.05, 0.1) is 24.0 Å². The van der Waals surface area contributed by atoms with E-state index in [4.69, 9.17) is 25.5 Å². The van der Waals surface area contributed by atoms with Crippen molar-refractivity contribution in [2.75, 3.05) is 17.2 Å². The van der Waals surface area contributed by atoms with E-state index in [1.807, 2.05) is 0 Å². The molecule has 7 N–H and O–H groups in total. The Kier molecular flexibility index (Phi) is 9.87. The number of aryl methyl sites for hydroxylation is 1. The second-order valence-electron chi connectivity index (χ2n) is 9.11. The number of hydrogen-bond acceptors (Lipinski definition) is 8.